The van der Waals surface area contributed by atoms with E-state index in [0.29, 0.717) is 34.9 Å². The molecular weight excluding hydrogens is 347 g/mol. The van der Waals surface area contributed by atoms with Gasteiger partial charge in [0.2, 0.25) is 0 Å². The first kappa shape index (κ1) is 20.5. The van der Waals surface area contributed by atoms with Gasteiger partial charge >= 0.3 is 0 Å². The second kappa shape index (κ2) is 7.67. The van der Waals surface area contributed by atoms with Crippen molar-refractivity contribution in [1.82, 2.24) is 9.55 Å². The molecule has 1 aromatic carbocycles. The Hall–Kier alpha value is -2.21. The molecule has 3 aromatic rings. The van der Waals surface area contributed by atoms with Crippen molar-refractivity contribution in [2.75, 3.05) is 6.61 Å². The number of benzene rings is 1. The lowest BCUT2D eigenvalue weighted by Gasteiger charge is -2.28. The fourth-order valence-electron chi connectivity index (χ4n) is 3.62. The summed E-state index contributed by atoms with van der Waals surface area (Å²) in [5.74, 6) is 0.886. The van der Waals surface area contributed by atoms with E-state index in [1.807, 2.05) is 25.1 Å². The van der Waals surface area contributed by atoms with Crippen molar-refractivity contribution < 1.29 is 4.74 Å². The average molecular weight is 369 g/mol. The molecule has 0 aliphatic carbocycles. The van der Waals surface area contributed by atoms with Crippen molar-refractivity contribution in [3.8, 4) is 5.75 Å². The molecule has 0 bridgehead atoms. The summed E-state index contributed by atoms with van der Waals surface area (Å²) in [5, 5.41) is 0.132. The Kier molecular flexibility index (Phi) is 5.62. The summed E-state index contributed by atoms with van der Waals surface area (Å²) >= 11 is 0. The summed E-state index contributed by atoms with van der Waals surface area (Å²) in [6, 6.07) is 7.34. The number of pyridine rings is 2. The SMILES string of the molecule is [B]C([B])([B])n1c(=O)c2cc(OCC(C)CC(C)N)ccc2c2ccnc(C)c21. The monoisotopic (exact) mass is 369 g/mol. The predicted molar refractivity (Wildman–Crippen MR) is 116 cm³/mol. The minimum absolute atomic E-state index is 0.109. The molecule has 6 radical (unpaired) electrons. The van der Waals surface area contributed by atoms with E-state index >= 15 is 0 Å². The molecule has 0 aliphatic rings. The molecule has 8 heteroatoms. The van der Waals surface area contributed by atoms with Crippen LogP contribution in [0.2, 0.25) is 0 Å². The van der Waals surface area contributed by atoms with Crippen LogP contribution in [0.1, 0.15) is 26.0 Å². The molecule has 0 fully saturated rings. The smallest absolute Gasteiger partial charge is 0.257 e. The van der Waals surface area contributed by atoms with Crippen LogP contribution in [-0.2, 0) is 5.24 Å². The number of aryl methyl sites for hydroxylation is 1. The van der Waals surface area contributed by atoms with Crippen LogP contribution >= 0.6 is 0 Å². The van der Waals surface area contributed by atoms with Crippen LogP contribution in [0.4, 0.5) is 0 Å². The fourth-order valence-corrected chi connectivity index (χ4v) is 3.62. The molecular formula is C20H22B3N3O2. The molecule has 0 amide bonds. The molecule has 5 nitrogen and oxygen atoms in total. The van der Waals surface area contributed by atoms with E-state index in [1.165, 1.54) is 4.57 Å². The zero-order chi connectivity index (χ0) is 20.6. The highest BCUT2D eigenvalue weighted by atomic mass is 16.5. The highest BCUT2D eigenvalue weighted by Gasteiger charge is 2.21. The van der Waals surface area contributed by atoms with E-state index in [-0.39, 0.29) is 11.6 Å². The number of nitrogens with zero attached hydrogens (tertiary/aromatic N) is 2. The summed E-state index contributed by atoms with van der Waals surface area (Å²) in [4.78, 5) is 17.5. The molecule has 2 N–H and O–H groups in total. The Bertz CT molecular complexity index is 1070. The van der Waals surface area contributed by atoms with Crippen LogP contribution in [0.3, 0.4) is 0 Å². The van der Waals surface area contributed by atoms with Gasteiger partial charge in [-0.05, 0) is 55.8 Å². The molecule has 2 unspecified atom stereocenters. The Morgan fingerprint density at radius 1 is 1.18 bits per heavy atom. The zero-order valence-corrected chi connectivity index (χ0v) is 16.5. The lowest BCUT2D eigenvalue weighted by Crippen LogP contribution is -2.43. The van der Waals surface area contributed by atoms with Crippen molar-refractivity contribution >= 4 is 45.2 Å². The van der Waals surface area contributed by atoms with Crippen molar-refractivity contribution in [3.63, 3.8) is 0 Å². The van der Waals surface area contributed by atoms with Crippen LogP contribution in [0.5, 0.6) is 5.75 Å². The highest BCUT2D eigenvalue weighted by molar-refractivity contribution is 6.57. The van der Waals surface area contributed by atoms with Crippen molar-refractivity contribution in [2.45, 2.75) is 38.5 Å². The van der Waals surface area contributed by atoms with Gasteiger partial charge in [0.1, 0.15) is 5.75 Å². The van der Waals surface area contributed by atoms with Gasteiger partial charge in [-0.2, -0.15) is 0 Å². The van der Waals surface area contributed by atoms with Crippen LogP contribution < -0.4 is 16.0 Å². The standard InChI is InChI=1S/C20H22B3N3O2/c1-11(8-12(2)24)10-28-14-4-5-15-16-6-7-25-13(3)18(16)26(20(21,22)23)19(27)17(15)9-14/h4-7,9,11-12H,8,10,24H2,1-3H3. The Morgan fingerprint density at radius 2 is 1.89 bits per heavy atom. The van der Waals surface area contributed by atoms with Crippen LogP contribution in [0.25, 0.3) is 21.7 Å². The van der Waals surface area contributed by atoms with Crippen LogP contribution in [0.15, 0.2) is 35.3 Å². The molecule has 2 atom stereocenters. The third-order valence-electron chi connectivity index (χ3n) is 4.74. The van der Waals surface area contributed by atoms with E-state index in [2.05, 4.69) is 11.9 Å². The molecule has 2 aromatic heterocycles. The number of hydrogen-bond donors (Lipinski definition) is 1. The molecule has 28 heavy (non-hydrogen) atoms. The third-order valence-corrected chi connectivity index (χ3v) is 4.74. The first-order valence-corrected chi connectivity index (χ1v) is 9.29. The van der Waals surface area contributed by atoms with E-state index < -0.39 is 5.24 Å². The number of ether oxygens (including phenoxy) is 1. The van der Waals surface area contributed by atoms with Crippen molar-refractivity contribution in [2.24, 2.45) is 11.7 Å². The molecule has 2 heterocycles. The molecule has 0 aliphatic heterocycles. The Morgan fingerprint density at radius 3 is 2.54 bits per heavy atom. The van der Waals surface area contributed by atoms with Gasteiger partial charge in [-0.3, -0.25) is 9.78 Å². The van der Waals surface area contributed by atoms with Gasteiger partial charge in [0.15, 0.2) is 0 Å². The summed E-state index contributed by atoms with van der Waals surface area (Å²) in [6.07, 6.45) is 2.53. The van der Waals surface area contributed by atoms with Gasteiger partial charge in [0, 0.05) is 17.6 Å². The molecule has 0 saturated heterocycles. The zero-order valence-electron chi connectivity index (χ0n) is 16.5. The lowest BCUT2D eigenvalue weighted by atomic mass is 9.49. The number of hydrogen-bond acceptors (Lipinski definition) is 4. The van der Waals surface area contributed by atoms with Gasteiger partial charge in [-0.25, -0.2) is 0 Å². The number of aromatic nitrogens is 2. The first-order valence-electron chi connectivity index (χ1n) is 9.29. The maximum Gasteiger partial charge on any atom is 0.257 e. The summed E-state index contributed by atoms with van der Waals surface area (Å²) in [6.45, 7) is 6.33. The van der Waals surface area contributed by atoms with E-state index in [4.69, 9.17) is 34.0 Å². The van der Waals surface area contributed by atoms with Crippen LogP contribution in [0, 0.1) is 12.8 Å². The van der Waals surface area contributed by atoms with E-state index in [0.717, 1.165) is 17.2 Å². The predicted octanol–water partition coefficient (Wildman–Crippen LogP) is 1.68. The van der Waals surface area contributed by atoms with Gasteiger partial charge in [-0.15, -0.1) is 0 Å². The van der Waals surface area contributed by atoms with E-state index in [1.54, 1.807) is 19.2 Å². The fraction of sp³-hybridized carbons (Fsp3) is 0.400. The van der Waals surface area contributed by atoms with Gasteiger partial charge in [-0.1, -0.05) is 12.2 Å². The quantitative estimate of drug-likeness (QED) is 0.531. The summed E-state index contributed by atoms with van der Waals surface area (Å²) < 4.78 is 7.07. The highest BCUT2D eigenvalue weighted by Crippen LogP contribution is 2.28. The maximum absolute atomic E-state index is 13.2. The van der Waals surface area contributed by atoms with Crippen LogP contribution in [-0.4, -0.2) is 45.7 Å². The molecule has 3 rings (SSSR count). The number of rotatable bonds is 6. The summed E-state index contributed by atoms with van der Waals surface area (Å²) in [7, 11) is 17.7. The number of nitrogens with two attached hydrogens (primary N) is 1. The molecule has 0 spiro atoms. The maximum atomic E-state index is 13.2. The van der Waals surface area contributed by atoms with Crippen molar-refractivity contribution in [3.05, 3.63) is 46.5 Å². The van der Waals surface area contributed by atoms with Gasteiger partial charge < -0.3 is 15.0 Å². The minimum Gasteiger partial charge on any atom is -0.493 e. The minimum atomic E-state index is -1.86. The first-order chi connectivity index (χ1) is 13.1. The normalized spacial score (nSPS) is 14.3. The topological polar surface area (TPSA) is 70.1 Å². The second-order valence-corrected chi connectivity index (χ2v) is 7.66. The summed E-state index contributed by atoms with van der Waals surface area (Å²) in [5.41, 5.74) is 6.59. The third kappa shape index (κ3) is 3.97. The number of fused-ring (bicyclic) bond motifs is 3. The Labute approximate surface area is 168 Å². The Balaban J connectivity index is 2.15. The average Bonchev–Trinajstić information content (AvgIpc) is 2.59. The largest absolute Gasteiger partial charge is 0.493 e. The second-order valence-electron chi connectivity index (χ2n) is 7.66. The lowest BCUT2D eigenvalue weighted by molar-refractivity contribution is 0.246. The van der Waals surface area contributed by atoms with Crippen molar-refractivity contribution in [1.29, 1.82) is 0 Å². The molecule has 138 valence electrons. The van der Waals surface area contributed by atoms with Gasteiger partial charge in [0.25, 0.3) is 5.56 Å². The molecule has 0 saturated carbocycles. The van der Waals surface area contributed by atoms with E-state index in [9.17, 15) is 4.79 Å². The van der Waals surface area contributed by atoms with Gasteiger partial charge in [0.05, 0.1) is 46.7 Å².